The maximum Gasteiger partial charge on any atom is 0.250 e. The van der Waals surface area contributed by atoms with Gasteiger partial charge < -0.3 is 4.90 Å². The summed E-state index contributed by atoms with van der Waals surface area (Å²) in [5, 5.41) is 11.4. The Morgan fingerprint density at radius 3 is 2.50 bits per heavy atom. The third kappa shape index (κ3) is 5.18. The summed E-state index contributed by atoms with van der Waals surface area (Å²) in [6.45, 7) is 0. The first-order chi connectivity index (χ1) is 12.6. The van der Waals surface area contributed by atoms with Crippen molar-refractivity contribution in [3.63, 3.8) is 0 Å². The Balaban J connectivity index is 1.57. The van der Waals surface area contributed by atoms with Crippen molar-refractivity contribution in [1.82, 2.24) is 10.2 Å². The van der Waals surface area contributed by atoms with Crippen molar-refractivity contribution in [3.05, 3.63) is 66.2 Å². The summed E-state index contributed by atoms with van der Waals surface area (Å²) in [4.78, 5) is 15.1. The molecule has 0 fully saturated rings. The number of amides is 1. The molecule has 0 aliphatic heterocycles. The number of nitrogens with one attached hydrogen (secondary N) is 1. The van der Waals surface area contributed by atoms with Crippen LogP contribution in [0.2, 0.25) is 0 Å². The number of rotatable bonds is 6. The predicted molar refractivity (Wildman–Crippen MR) is 109 cm³/mol. The fourth-order valence-electron chi connectivity index (χ4n) is 2.10. The molecule has 0 aliphatic carbocycles. The zero-order valence-corrected chi connectivity index (χ0v) is 16.1. The van der Waals surface area contributed by atoms with Gasteiger partial charge in [-0.05, 0) is 35.9 Å². The lowest BCUT2D eigenvalue weighted by atomic mass is 10.2. The van der Waals surface area contributed by atoms with Gasteiger partial charge in [0.05, 0.1) is 0 Å². The first-order valence-corrected chi connectivity index (χ1v) is 9.56. The minimum Gasteiger partial charge on any atom is -0.378 e. The van der Waals surface area contributed by atoms with Crippen LogP contribution in [0, 0.1) is 0 Å². The van der Waals surface area contributed by atoms with Crippen molar-refractivity contribution in [2.45, 2.75) is 9.24 Å². The molecule has 5 nitrogen and oxygen atoms in total. The van der Waals surface area contributed by atoms with Gasteiger partial charge in [-0.25, -0.2) is 0 Å². The summed E-state index contributed by atoms with van der Waals surface area (Å²) < 4.78 is 0.782. The zero-order valence-electron chi connectivity index (χ0n) is 14.4. The highest BCUT2D eigenvalue weighted by Crippen LogP contribution is 2.32. The number of anilines is 2. The minimum absolute atomic E-state index is 0.225. The Hall–Kier alpha value is -2.64. The Kier molecular flexibility index (Phi) is 6.04. The summed E-state index contributed by atoms with van der Waals surface area (Å²) in [5.74, 6) is -0.225. The topological polar surface area (TPSA) is 58.1 Å². The molecule has 26 heavy (non-hydrogen) atoms. The van der Waals surface area contributed by atoms with E-state index in [1.807, 2.05) is 56.6 Å². The monoisotopic (exact) mass is 382 g/mol. The van der Waals surface area contributed by atoms with Crippen LogP contribution in [0.15, 0.2) is 69.9 Å². The lowest BCUT2D eigenvalue weighted by Gasteiger charge is -2.11. The molecule has 0 radical (unpaired) electrons. The summed E-state index contributed by atoms with van der Waals surface area (Å²) in [7, 11) is 4.02. The van der Waals surface area contributed by atoms with Crippen LogP contribution in [0.4, 0.5) is 10.8 Å². The van der Waals surface area contributed by atoms with Crippen LogP contribution in [-0.4, -0.2) is 30.2 Å². The highest BCUT2D eigenvalue weighted by Gasteiger charge is 2.08. The van der Waals surface area contributed by atoms with Gasteiger partial charge in [-0.2, -0.15) is 0 Å². The molecule has 7 heteroatoms. The van der Waals surface area contributed by atoms with Gasteiger partial charge in [0, 0.05) is 30.8 Å². The van der Waals surface area contributed by atoms with Crippen molar-refractivity contribution in [2.75, 3.05) is 24.3 Å². The average molecular weight is 383 g/mol. The third-order valence-electron chi connectivity index (χ3n) is 3.42. The molecule has 0 bridgehead atoms. The van der Waals surface area contributed by atoms with E-state index in [0.29, 0.717) is 5.13 Å². The minimum atomic E-state index is -0.225. The third-order valence-corrected chi connectivity index (χ3v) is 5.32. The number of hydrogen-bond donors (Lipinski definition) is 1. The van der Waals surface area contributed by atoms with E-state index in [4.69, 9.17) is 0 Å². The number of benzene rings is 2. The number of aromatic nitrogens is 2. The van der Waals surface area contributed by atoms with E-state index in [9.17, 15) is 4.79 Å². The lowest BCUT2D eigenvalue weighted by molar-refractivity contribution is -0.111. The number of hydrogen-bond acceptors (Lipinski definition) is 6. The molecule has 3 rings (SSSR count). The van der Waals surface area contributed by atoms with Crippen LogP contribution in [0.5, 0.6) is 0 Å². The van der Waals surface area contributed by atoms with Gasteiger partial charge in [-0.1, -0.05) is 53.4 Å². The molecular weight excluding hydrogens is 364 g/mol. The number of carbonyl (C=O) groups excluding carboxylic acids is 1. The molecule has 0 atom stereocenters. The fraction of sp³-hybridized carbons (Fsp3) is 0.105. The van der Waals surface area contributed by atoms with Crippen LogP contribution in [0.3, 0.4) is 0 Å². The van der Waals surface area contributed by atoms with Crippen molar-refractivity contribution < 1.29 is 4.79 Å². The Morgan fingerprint density at radius 1 is 1.08 bits per heavy atom. The van der Waals surface area contributed by atoms with Gasteiger partial charge in [0.1, 0.15) is 0 Å². The zero-order chi connectivity index (χ0) is 18.4. The van der Waals surface area contributed by atoms with E-state index < -0.39 is 0 Å². The van der Waals surface area contributed by atoms with Crippen LogP contribution < -0.4 is 10.2 Å². The standard InChI is InChI=1S/C19H18N4OS2/c1-23(2)15-9-11-16(12-10-15)25-19-22-21-18(26-19)20-17(24)13-8-14-6-4-3-5-7-14/h3-13H,1-2H3,(H,20,21,24). The number of nitrogens with zero attached hydrogens (tertiary/aromatic N) is 3. The molecule has 0 aliphatic rings. The van der Waals surface area contributed by atoms with Crippen molar-refractivity contribution in [2.24, 2.45) is 0 Å². The molecule has 1 heterocycles. The van der Waals surface area contributed by atoms with Gasteiger partial charge in [0.15, 0.2) is 4.34 Å². The molecule has 132 valence electrons. The normalized spacial score (nSPS) is 10.8. The van der Waals surface area contributed by atoms with Crippen LogP contribution in [0.25, 0.3) is 6.08 Å². The molecule has 0 saturated heterocycles. The van der Waals surface area contributed by atoms with Crippen molar-refractivity contribution in [1.29, 1.82) is 0 Å². The first kappa shape index (κ1) is 18.2. The van der Waals surface area contributed by atoms with E-state index in [1.165, 1.54) is 29.2 Å². The molecule has 2 aromatic carbocycles. The van der Waals surface area contributed by atoms with Gasteiger partial charge in [0.2, 0.25) is 11.0 Å². The predicted octanol–water partition coefficient (Wildman–Crippen LogP) is 4.41. The largest absolute Gasteiger partial charge is 0.378 e. The van der Waals surface area contributed by atoms with Gasteiger partial charge in [0.25, 0.3) is 0 Å². The van der Waals surface area contributed by atoms with Crippen LogP contribution >= 0.6 is 23.1 Å². The first-order valence-electron chi connectivity index (χ1n) is 7.93. The van der Waals surface area contributed by atoms with Crippen molar-refractivity contribution in [3.8, 4) is 0 Å². The second-order valence-electron chi connectivity index (χ2n) is 5.60. The molecule has 0 spiro atoms. The van der Waals surface area contributed by atoms with Crippen LogP contribution in [-0.2, 0) is 4.79 Å². The molecule has 1 aromatic heterocycles. The molecule has 1 amide bonds. The average Bonchev–Trinajstić information content (AvgIpc) is 3.08. The van der Waals surface area contributed by atoms with Gasteiger partial charge in [-0.15, -0.1) is 10.2 Å². The molecule has 3 aromatic rings. The van der Waals surface area contributed by atoms with Crippen molar-refractivity contribution >= 4 is 45.9 Å². The van der Waals surface area contributed by atoms with E-state index in [1.54, 1.807) is 6.08 Å². The van der Waals surface area contributed by atoms with Gasteiger partial charge >= 0.3 is 0 Å². The van der Waals surface area contributed by atoms with E-state index in [0.717, 1.165) is 20.5 Å². The van der Waals surface area contributed by atoms with E-state index >= 15 is 0 Å². The summed E-state index contributed by atoms with van der Waals surface area (Å²) in [6, 6.07) is 17.9. The highest BCUT2D eigenvalue weighted by atomic mass is 32.2. The lowest BCUT2D eigenvalue weighted by Crippen LogP contribution is -2.07. The molecule has 0 unspecified atom stereocenters. The maximum atomic E-state index is 12.0. The SMILES string of the molecule is CN(C)c1ccc(Sc2nnc(NC(=O)C=Cc3ccccc3)s2)cc1. The summed E-state index contributed by atoms with van der Waals surface area (Å²) in [6.07, 6.45) is 3.25. The Labute approximate surface area is 160 Å². The Morgan fingerprint density at radius 2 is 1.81 bits per heavy atom. The second-order valence-corrected chi connectivity index (χ2v) is 7.89. The fourth-order valence-corrected chi connectivity index (χ4v) is 3.83. The molecular formula is C19H18N4OS2. The van der Waals surface area contributed by atoms with Crippen LogP contribution in [0.1, 0.15) is 5.56 Å². The van der Waals surface area contributed by atoms with E-state index in [-0.39, 0.29) is 5.91 Å². The summed E-state index contributed by atoms with van der Waals surface area (Å²) >= 11 is 2.88. The summed E-state index contributed by atoms with van der Waals surface area (Å²) in [5.41, 5.74) is 2.11. The van der Waals surface area contributed by atoms with Gasteiger partial charge in [-0.3, -0.25) is 10.1 Å². The van der Waals surface area contributed by atoms with E-state index in [2.05, 4.69) is 32.5 Å². The highest BCUT2D eigenvalue weighted by molar-refractivity contribution is 8.01. The maximum absolute atomic E-state index is 12.0. The number of carbonyl (C=O) groups is 1. The molecule has 0 saturated carbocycles. The molecule has 1 N–H and O–H groups in total. The Bertz CT molecular complexity index is 889. The second kappa shape index (κ2) is 8.64. The smallest absolute Gasteiger partial charge is 0.250 e. The quantitative estimate of drug-likeness (QED) is 0.506.